The third kappa shape index (κ3) is 1.94. The van der Waals surface area contributed by atoms with Crippen LogP contribution in [0.1, 0.15) is 19.3 Å². The molecule has 3 heteroatoms. The summed E-state index contributed by atoms with van der Waals surface area (Å²) in [6.45, 7) is 0.534. The van der Waals surface area contributed by atoms with Crippen LogP contribution in [0.2, 0.25) is 0 Å². The van der Waals surface area contributed by atoms with Gasteiger partial charge in [0.1, 0.15) is 6.10 Å². The molecule has 0 aromatic carbocycles. The van der Waals surface area contributed by atoms with Crippen LogP contribution in [0.3, 0.4) is 0 Å². The summed E-state index contributed by atoms with van der Waals surface area (Å²) in [5, 5.41) is 17.7. The van der Waals surface area contributed by atoms with Crippen LogP contribution >= 0.6 is 0 Å². The fourth-order valence-corrected chi connectivity index (χ4v) is 1.19. The van der Waals surface area contributed by atoms with Gasteiger partial charge in [0.05, 0.1) is 12.7 Å². The predicted molar refractivity (Wildman–Crippen MR) is 36.7 cm³/mol. The number of ether oxygens (including phenoxy) is 1. The van der Waals surface area contributed by atoms with Crippen LogP contribution in [0.4, 0.5) is 0 Å². The zero-order chi connectivity index (χ0) is 7.40. The molecule has 0 radical (unpaired) electrons. The molecule has 0 aromatic heterocycles. The summed E-state index contributed by atoms with van der Waals surface area (Å²) in [5.74, 6) is 0. The maximum atomic E-state index is 9.11. The van der Waals surface area contributed by atoms with Gasteiger partial charge in [-0.15, -0.1) is 0 Å². The summed E-state index contributed by atoms with van der Waals surface area (Å²) in [7, 11) is 0. The van der Waals surface area contributed by atoms with Crippen LogP contribution < -0.4 is 0 Å². The van der Waals surface area contributed by atoms with Crippen molar-refractivity contribution in [2.24, 2.45) is 0 Å². The van der Waals surface area contributed by atoms with Crippen molar-refractivity contribution >= 4 is 0 Å². The summed E-state index contributed by atoms with van der Waals surface area (Å²) in [6, 6.07) is 0. The second-order valence-electron chi connectivity index (χ2n) is 2.65. The van der Waals surface area contributed by atoms with E-state index in [1.165, 1.54) is 0 Å². The molecule has 1 fully saturated rings. The molecule has 60 valence electrons. The molecule has 0 amide bonds. The van der Waals surface area contributed by atoms with Gasteiger partial charge in [0.2, 0.25) is 0 Å². The monoisotopic (exact) mass is 146 g/mol. The number of hydrogen-bond donors (Lipinski definition) is 2. The average Bonchev–Trinajstić information content (AvgIpc) is 2.05. The molecule has 3 nitrogen and oxygen atoms in total. The summed E-state index contributed by atoms with van der Waals surface area (Å²) in [5.41, 5.74) is 0. The van der Waals surface area contributed by atoms with Gasteiger partial charge in [-0.1, -0.05) is 0 Å². The highest BCUT2D eigenvalue weighted by molar-refractivity contribution is 4.70. The highest BCUT2D eigenvalue weighted by Crippen LogP contribution is 2.15. The van der Waals surface area contributed by atoms with Crippen LogP contribution in [0, 0.1) is 0 Å². The van der Waals surface area contributed by atoms with E-state index in [2.05, 4.69) is 0 Å². The first kappa shape index (κ1) is 7.98. The highest BCUT2D eigenvalue weighted by atomic mass is 16.5. The molecule has 0 unspecified atom stereocenters. The van der Waals surface area contributed by atoms with Crippen LogP contribution in [-0.4, -0.2) is 35.6 Å². The van der Waals surface area contributed by atoms with Gasteiger partial charge in [-0.2, -0.15) is 0 Å². The van der Waals surface area contributed by atoms with Gasteiger partial charge >= 0.3 is 0 Å². The van der Waals surface area contributed by atoms with E-state index in [4.69, 9.17) is 14.9 Å². The molecule has 0 aliphatic carbocycles. The van der Waals surface area contributed by atoms with Crippen molar-refractivity contribution in [3.63, 3.8) is 0 Å². The zero-order valence-electron chi connectivity index (χ0n) is 5.99. The summed E-state index contributed by atoms with van der Waals surface area (Å²) in [6.07, 6.45) is 2.25. The lowest BCUT2D eigenvalue weighted by atomic mass is 10.1. The van der Waals surface area contributed by atoms with Gasteiger partial charge in [-0.3, -0.25) is 0 Å². The summed E-state index contributed by atoms with van der Waals surface area (Å²) < 4.78 is 5.22. The smallest absolute Gasteiger partial charge is 0.103 e. The van der Waals surface area contributed by atoms with Crippen molar-refractivity contribution in [3.05, 3.63) is 0 Å². The largest absolute Gasteiger partial charge is 0.394 e. The number of aliphatic hydroxyl groups is 2. The second-order valence-corrected chi connectivity index (χ2v) is 2.65. The Hall–Kier alpha value is -0.120. The van der Waals surface area contributed by atoms with E-state index >= 15 is 0 Å². The number of aliphatic hydroxyl groups excluding tert-OH is 2. The van der Waals surface area contributed by atoms with Crippen LogP contribution in [0.15, 0.2) is 0 Å². The first-order valence-electron chi connectivity index (χ1n) is 3.75. The van der Waals surface area contributed by atoms with Crippen molar-refractivity contribution in [1.29, 1.82) is 0 Å². The Morgan fingerprint density at radius 2 is 2.30 bits per heavy atom. The predicted octanol–water partition coefficient (Wildman–Crippen LogP) is -0.0913. The molecule has 0 spiro atoms. The lowest BCUT2D eigenvalue weighted by molar-refractivity contribution is -0.0783. The Morgan fingerprint density at radius 3 is 2.80 bits per heavy atom. The first-order chi connectivity index (χ1) is 4.84. The highest BCUT2D eigenvalue weighted by Gasteiger charge is 2.21. The molecule has 1 saturated heterocycles. The maximum Gasteiger partial charge on any atom is 0.103 e. The minimum Gasteiger partial charge on any atom is -0.394 e. The van der Waals surface area contributed by atoms with Gasteiger partial charge in [0, 0.05) is 6.61 Å². The Bertz CT molecular complexity index is 88.9. The quantitative estimate of drug-likeness (QED) is 0.572. The Kier molecular flexibility index (Phi) is 3.12. The van der Waals surface area contributed by atoms with E-state index in [9.17, 15) is 0 Å². The standard InChI is InChI=1S/C7H14O3/c8-5-6(9)7-3-1-2-4-10-7/h6-9H,1-5H2/t6-,7-/m0/s1. The van der Waals surface area contributed by atoms with Crippen molar-refractivity contribution in [3.8, 4) is 0 Å². The van der Waals surface area contributed by atoms with Gasteiger partial charge < -0.3 is 14.9 Å². The van der Waals surface area contributed by atoms with E-state index < -0.39 is 6.10 Å². The lowest BCUT2D eigenvalue weighted by Crippen LogP contribution is -2.34. The Labute approximate surface area is 60.6 Å². The molecule has 1 heterocycles. The minimum atomic E-state index is -0.680. The van der Waals surface area contributed by atoms with E-state index in [-0.39, 0.29) is 12.7 Å². The molecule has 1 rings (SSSR count). The van der Waals surface area contributed by atoms with Crippen molar-refractivity contribution < 1.29 is 14.9 Å². The fraction of sp³-hybridized carbons (Fsp3) is 1.00. The van der Waals surface area contributed by atoms with E-state index in [0.29, 0.717) is 0 Å². The van der Waals surface area contributed by atoms with Crippen molar-refractivity contribution in [2.45, 2.75) is 31.5 Å². The van der Waals surface area contributed by atoms with Gasteiger partial charge in [0.25, 0.3) is 0 Å². The lowest BCUT2D eigenvalue weighted by Gasteiger charge is -2.25. The van der Waals surface area contributed by atoms with E-state index in [0.717, 1.165) is 25.9 Å². The van der Waals surface area contributed by atoms with E-state index in [1.54, 1.807) is 0 Å². The molecule has 2 atom stereocenters. The number of hydrogen-bond acceptors (Lipinski definition) is 3. The molecule has 10 heavy (non-hydrogen) atoms. The normalized spacial score (nSPS) is 30.0. The molecule has 1 aliphatic rings. The van der Waals surface area contributed by atoms with Crippen molar-refractivity contribution in [2.75, 3.05) is 13.2 Å². The topological polar surface area (TPSA) is 49.7 Å². The van der Waals surface area contributed by atoms with Crippen LogP contribution in [0.25, 0.3) is 0 Å². The molecule has 2 N–H and O–H groups in total. The van der Waals surface area contributed by atoms with Crippen molar-refractivity contribution in [1.82, 2.24) is 0 Å². The Balaban J connectivity index is 2.24. The molecule has 0 aromatic rings. The first-order valence-corrected chi connectivity index (χ1v) is 3.75. The third-order valence-electron chi connectivity index (χ3n) is 1.83. The van der Waals surface area contributed by atoms with Crippen LogP contribution in [0.5, 0.6) is 0 Å². The molecule has 0 saturated carbocycles. The zero-order valence-corrected chi connectivity index (χ0v) is 5.99. The summed E-state index contributed by atoms with van der Waals surface area (Å²) >= 11 is 0. The van der Waals surface area contributed by atoms with Gasteiger partial charge in [-0.25, -0.2) is 0 Å². The minimum absolute atomic E-state index is 0.126. The molecular weight excluding hydrogens is 132 g/mol. The molecular formula is C7H14O3. The van der Waals surface area contributed by atoms with Gasteiger partial charge in [0.15, 0.2) is 0 Å². The average molecular weight is 146 g/mol. The van der Waals surface area contributed by atoms with Gasteiger partial charge in [-0.05, 0) is 19.3 Å². The molecule has 0 bridgehead atoms. The fourth-order valence-electron chi connectivity index (χ4n) is 1.19. The van der Waals surface area contributed by atoms with Crippen LogP contribution in [-0.2, 0) is 4.74 Å². The maximum absolute atomic E-state index is 9.11. The SMILES string of the molecule is OC[C@H](O)[C@@H]1CCCCO1. The Morgan fingerprint density at radius 1 is 1.50 bits per heavy atom. The summed E-state index contributed by atoms with van der Waals surface area (Å²) in [4.78, 5) is 0. The third-order valence-corrected chi connectivity index (χ3v) is 1.83. The second kappa shape index (κ2) is 3.91. The van der Waals surface area contributed by atoms with E-state index in [1.807, 2.05) is 0 Å². The molecule has 1 aliphatic heterocycles. The number of rotatable bonds is 2.